The highest BCUT2D eigenvalue weighted by Gasteiger charge is 2.37. The first kappa shape index (κ1) is 18.8. The topological polar surface area (TPSA) is 50.5 Å². The van der Waals surface area contributed by atoms with Crippen LogP contribution in [0.4, 0.5) is 10.5 Å². The summed E-state index contributed by atoms with van der Waals surface area (Å²) in [5.74, 6) is 0.916. The molecule has 2 amide bonds. The lowest BCUT2D eigenvalue weighted by Gasteiger charge is -2.16. The Hall–Kier alpha value is -2.57. The van der Waals surface area contributed by atoms with E-state index >= 15 is 0 Å². The monoisotopic (exact) mass is 453 g/mol. The van der Waals surface area contributed by atoms with Gasteiger partial charge in [-0.15, -0.1) is 0 Å². The third-order valence-electron chi connectivity index (χ3n) is 4.44. The summed E-state index contributed by atoms with van der Waals surface area (Å²) in [6.07, 6.45) is 2.37. The van der Waals surface area contributed by atoms with Crippen molar-refractivity contribution in [1.29, 1.82) is 0 Å². The number of furan rings is 1. The van der Waals surface area contributed by atoms with Crippen molar-refractivity contribution in [1.82, 2.24) is 0 Å². The molecule has 0 bridgehead atoms. The standard InChI is InChI=1S/C22H16BrNO3S/c1-2-14-5-3-4-6-18(14)24-21(25)20(28-22(24)26)13-17-11-12-19(27-17)15-7-9-16(23)10-8-15/h3-13H,2H2,1H3/b20-13+. The van der Waals surface area contributed by atoms with Crippen LogP contribution in [0.1, 0.15) is 18.2 Å². The maximum Gasteiger partial charge on any atom is 0.298 e. The molecular formula is C22H16BrNO3S. The lowest BCUT2D eigenvalue weighted by molar-refractivity contribution is -0.113. The third-order valence-corrected chi connectivity index (χ3v) is 5.83. The van der Waals surface area contributed by atoms with E-state index in [1.54, 1.807) is 18.2 Å². The van der Waals surface area contributed by atoms with Gasteiger partial charge in [0, 0.05) is 16.1 Å². The van der Waals surface area contributed by atoms with Crippen LogP contribution in [0.25, 0.3) is 17.4 Å². The third kappa shape index (κ3) is 3.57. The van der Waals surface area contributed by atoms with E-state index in [4.69, 9.17) is 4.42 Å². The Morgan fingerprint density at radius 2 is 1.79 bits per heavy atom. The number of hydrogen-bond acceptors (Lipinski definition) is 4. The molecule has 28 heavy (non-hydrogen) atoms. The fraction of sp³-hybridized carbons (Fsp3) is 0.0909. The van der Waals surface area contributed by atoms with Crippen molar-refractivity contribution in [3.8, 4) is 11.3 Å². The van der Waals surface area contributed by atoms with Crippen LogP contribution in [-0.4, -0.2) is 11.1 Å². The molecule has 4 rings (SSSR count). The number of amides is 2. The SMILES string of the molecule is CCc1ccccc1N1C(=O)S/C(=C/c2ccc(-c3ccc(Br)cc3)o2)C1=O. The Kier molecular flexibility index (Phi) is 5.24. The number of anilines is 1. The van der Waals surface area contributed by atoms with Crippen LogP contribution in [0.2, 0.25) is 0 Å². The Morgan fingerprint density at radius 3 is 2.54 bits per heavy atom. The highest BCUT2D eigenvalue weighted by molar-refractivity contribution is 9.10. The normalized spacial score (nSPS) is 15.6. The molecule has 1 fully saturated rings. The first-order valence-corrected chi connectivity index (χ1v) is 10.4. The lowest BCUT2D eigenvalue weighted by atomic mass is 10.1. The van der Waals surface area contributed by atoms with Gasteiger partial charge in [0.2, 0.25) is 0 Å². The molecule has 0 spiro atoms. The zero-order chi connectivity index (χ0) is 19.7. The summed E-state index contributed by atoms with van der Waals surface area (Å²) in [5, 5.41) is -0.295. The Labute approximate surface area is 175 Å². The molecule has 6 heteroatoms. The van der Waals surface area contributed by atoms with Crippen molar-refractivity contribution in [2.45, 2.75) is 13.3 Å². The van der Waals surface area contributed by atoms with E-state index in [9.17, 15) is 9.59 Å². The number of hydrogen-bond donors (Lipinski definition) is 0. The predicted molar refractivity (Wildman–Crippen MR) is 116 cm³/mol. The van der Waals surface area contributed by atoms with Crippen LogP contribution in [0.15, 0.2) is 74.5 Å². The summed E-state index contributed by atoms with van der Waals surface area (Å²) in [6, 6.07) is 18.9. The first-order chi connectivity index (χ1) is 13.6. The maximum atomic E-state index is 12.9. The fourth-order valence-corrected chi connectivity index (χ4v) is 4.11. The molecule has 2 heterocycles. The van der Waals surface area contributed by atoms with Gasteiger partial charge in [0.25, 0.3) is 11.1 Å². The van der Waals surface area contributed by atoms with Gasteiger partial charge < -0.3 is 4.42 Å². The highest BCUT2D eigenvalue weighted by Crippen LogP contribution is 2.37. The number of imide groups is 1. The molecule has 2 aromatic carbocycles. The highest BCUT2D eigenvalue weighted by atomic mass is 79.9. The second kappa shape index (κ2) is 7.81. The second-order valence-corrected chi connectivity index (χ2v) is 8.12. The van der Waals surface area contributed by atoms with Crippen LogP contribution in [0.3, 0.4) is 0 Å². The molecule has 3 aromatic rings. The second-order valence-electron chi connectivity index (χ2n) is 6.21. The molecule has 4 nitrogen and oxygen atoms in total. The first-order valence-electron chi connectivity index (χ1n) is 8.78. The van der Waals surface area contributed by atoms with E-state index in [-0.39, 0.29) is 11.1 Å². The van der Waals surface area contributed by atoms with Gasteiger partial charge in [0.15, 0.2) is 0 Å². The number of benzene rings is 2. The van der Waals surface area contributed by atoms with E-state index in [0.29, 0.717) is 22.1 Å². The molecule has 1 aliphatic heterocycles. The van der Waals surface area contributed by atoms with Crippen molar-refractivity contribution in [3.05, 3.63) is 81.4 Å². The van der Waals surface area contributed by atoms with Crippen molar-refractivity contribution >= 4 is 50.6 Å². The molecule has 1 saturated heterocycles. The molecule has 0 unspecified atom stereocenters. The van der Waals surface area contributed by atoms with Gasteiger partial charge in [-0.3, -0.25) is 9.59 Å². The minimum absolute atomic E-state index is 0.295. The largest absolute Gasteiger partial charge is 0.457 e. The summed E-state index contributed by atoms with van der Waals surface area (Å²) < 4.78 is 6.84. The molecule has 0 aliphatic carbocycles. The van der Waals surface area contributed by atoms with E-state index in [1.807, 2.05) is 55.5 Å². The number of para-hydroxylation sites is 1. The van der Waals surface area contributed by atoms with Crippen LogP contribution in [0, 0.1) is 0 Å². The summed E-state index contributed by atoms with van der Waals surface area (Å²) in [6.45, 7) is 2.00. The summed E-state index contributed by atoms with van der Waals surface area (Å²) in [4.78, 5) is 27.0. The van der Waals surface area contributed by atoms with Crippen LogP contribution in [-0.2, 0) is 11.2 Å². The van der Waals surface area contributed by atoms with Gasteiger partial charge in [0.1, 0.15) is 11.5 Å². The molecule has 0 atom stereocenters. The smallest absolute Gasteiger partial charge is 0.298 e. The van der Waals surface area contributed by atoms with Gasteiger partial charge in [0.05, 0.1) is 10.6 Å². The minimum atomic E-state index is -0.322. The van der Waals surface area contributed by atoms with Gasteiger partial charge in [-0.05, 0) is 54.1 Å². The minimum Gasteiger partial charge on any atom is -0.457 e. The zero-order valence-electron chi connectivity index (χ0n) is 15.0. The maximum absolute atomic E-state index is 12.9. The molecule has 1 aromatic heterocycles. The number of nitrogens with zero attached hydrogens (tertiary/aromatic N) is 1. The van der Waals surface area contributed by atoms with E-state index in [1.165, 1.54) is 4.90 Å². The van der Waals surface area contributed by atoms with E-state index in [0.717, 1.165) is 33.8 Å². The molecule has 0 saturated carbocycles. The van der Waals surface area contributed by atoms with Gasteiger partial charge in [-0.2, -0.15) is 0 Å². The zero-order valence-corrected chi connectivity index (χ0v) is 17.4. The number of carbonyl (C=O) groups excluding carboxylic acids is 2. The van der Waals surface area contributed by atoms with Crippen molar-refractivity contribution in [3.63, 3.8) is 0 Å². The average Bonchev–Trinajstić information content (AvgIpc) is 3.27. The Balaban J connectivity index is 1.62. The average molecular weight is 454 g/mol. The number of rotatable bonds is 4. The summed E-state index contributed by atoms with van der Waals surface area (Å²) >= 11 is 4.34. The summed E-state index contributed by atoms with van der Waals surface area (Å²) in [5.41, 5.74) is 2.54. The molecule has 0 radical (unpaired) electrons. The van der Waals surface area contributed by atoms with Crippen molar-refractivity contribution in [2.75, 3.05) is 4.90 Å². The van der Waals surface area contributed by atoms with Gasteiger partial charge in [-0.25, -0.2) is 4.90 Å². The number of halogens is 1. The lowest BCUT2D eigenvalue weighted by Crippen LogP contribution is -2.28. The molecular weight excluding hydrogens is 438 g/mol. The van der Waals surface area contributed by atoms with E-state index < -0.39 is 0 Å². The van der Waals surface area contributed by atoms with Gasteiger partial charge >= 0.3 is 0 Å². The van der Waals surface area contributed by atoms with Crippen molar-refractivity contribution in [2.24, 2.45) is 0 Å². The van der Waals surface area contributed by atoms with Crippen LogP contribution in [0.5, 0.6) is 0 Å². The summed E-state index contributed by atoms with van der Waals surface area (Å²) in [7, 11) is 0. The fourth-order valence-electron chi connectivity index (χ4n) is 3.03. The number of thioether (sulfide) groups is 1. The van der Waals surface area contributed by atoms with Crippen molar-refractivity contribution < 1.29 is 14.0 Å². The Morgan fingerprint density at radius 1 is 1.04 bits per heavy atom. The van der Waals surface area contributed by atoms with Crippen LogP contribution >= 0.6 is 27.7 Å². The molecule has 1 aliphatic rings. The predicted octanol–water partition coefficient (Wildman–Crippen LogP) is 6.51. The Bertz CT molecular complexity index is 1090. The number of aryl methyl sites for hydroxylation is 1. The molecule has 140 valence electrons. The van der Waals surface area contributed by atoms with Gasteiger partial charge in [-0.1, -0.05) is 53.2 Å². The van der Waals surface area contributed by atoms with E-state index in [2.05, 4.69) is 15.9 Å². The number of carbonyl (C=O) groups is 2. The quantitative estimate of drug-likeness (QED) is 0.422. The molecule has 0 N–H and O–H groups in total. The van der Waals surface area contributed by atoms with Crippen LogP contribution < -0.4 is 4.90 Å².